The number of fused-ring (bicyclic) bond motifs is 3. The summed E-state index contributed by atoms with van der Waals surface area (Å²) in [5, 5.41) is 5.32. The second kappa shape index (κ2) is 6.22. The van der Waals surface area contributed by atoms with Crippen molar-refractivity contribution in [3.63, 3.8) is 0 Å². The van der Waals surface area contributed by atoms with Gasteiger partial charge in [-0.15, -0.1) is 0 Å². The molecule has 0 saturated heterocycles. The zero-order valence-corrected chi connectivity index (χ0v) is 15.8. The topological polar surface area (TPSA) is 68.1 Å². The molecular formula is C21H12ClFN4O2. The summed E-state index contributed by atoms with van der Waals surface area (Å²) >= 11 is 6.03. The molecule has 1 aliphatic rings. The Kier molecular flexibility index (Phi) is 3.75. The van der Waals surface area contributed by atoms with Gasteiger partial charge in [0.2, 0.25) is 0 Å². The molecule has 0 aliphatic carbocycles. The normalized spacial score (nSPS) is 13.4. The summed E-state index contributed by atoms with van der Waals surface area (Å²) in [5.74, 6) is -1.36. The van der Waals surface area contributed by atoms with Gasteiger partial charge in [-0.2, -0.15) is 5.10 Å². The molecule has 0 N–H and O–H groups in total. The van der Waals surface area contributed by atoms with Crippen LogP contribution in [-0.4, -0.2) is 26.6 Å². The minimum Gasteiger partial charge on any atom is -0.268 e. The molecule has 0 radical (unpaired) electrons. The Morgan fingerprint density at radius 2 is 1.76 bits per heavy atom. The molecule has 0 unspecified atom stereocenters. The maximum atomic E-state index is 13.7. The molecule has 1 aliphatic heterocycles. The number of benzene rings is 2. The van der Waals surface area contributed by atoms with E-state index in [1.54, 1.807) is 43.3 Å². The third kappa shape index (κ3) is 2.55. The van der Waals surface area contributed by atoms with E-state index in [-0.39, 0.29) is 11.1 Å². The number of aromatic nitrogens is 3. The molecule has 2 amide bonds. The van der Waals surface area contributed by atoms with Gasteiger partial charge in [-0.05, 0) is 43.3 Å². The highest BCUT2D eigenvalue weighted by molar-refractivity contribution is 6.38. The highest BCUT2D eigenvalue weighted by Gasteiger charge is 2.40. The second-order valence-corrected chi connectivity index (χ2v) is 7.08. The van der Waals surface area contributed by atoms with Gasteiger partial charge in [0.05, 0.1) is 33.6 Å². The van der Waals surface area contributed by atoms with Crippen LogP contribution in [0.1, 0.15) is 26.4 Å². The molecule has 0 fully saturated rings. The molecule has 6 nitrogen and oxygen atoms in total. The van der Waals surface area contributed by atoms with E-state index in [4.69, 9.17) is 11.6 Å². The molecular weight excluding hydrogens is 395 g/mol. The summed E-state index contributed by atoms with van der Waals surface area (Å²) in [6.07, 6.45) is 1.36. The number of anilines is 1. The van der Waals surface area contributed by atoms with Crippen molar-refractivity contribution in [2.75, 3.05) is 4.90 Å². The number of halogens is 2. The van der Waals surface area contributed by atoms with E-state index in [1.165, 1.54) is 23.0 Å². The van der Waals surface area contributed by atoms with Gasteiger partial charge in [-0.25, -0.2) is 19.0 Å². The number of nitrogens with zero attached hydrogens (tertiary/aromatic N) is 4. The highest BCUT2D eigenvalue weighted by Crippen LogP contribution is 2.35. The largest absolute Gasteiger partial charge is 0.268 e. The molecule has 0 bridgehead atoms. The number of pyridine rings is 1. The number of hydrogen-bond acceptors (Lipinski definition) is 4. The fourth-order valence-corrected chi connectivity index (χ4v) is 3.78. The van der Waals surface area contributed by atoms with Gasteiger partial charge in [0, 0.05) is 11.2 Å². The van der Waals surface area contributed by atoms with Crippen LogP contribution in [0.25, 0.3) is 16.7 Å². The van der Waals surface area contributed by atoms with E-state index in [0.717, 1.165) is 4.90 Å². The van der Waals surface area contributed by atoms with Crippen LogP contribution in [-0.2, 0) is 0 Å². The lowest BCUT2D eigenvalue weighted by Gasteiger charge is -2.13. The van der Waals surface area contributed by atoms with Crippen LogP contribution in [0.2, 0.25) is 5.02 Å². The average molecular weight is 407 g/mol. The first-order chi connectivity index (χ1) is 14.0. The Balaban J connectivity index is 1.73. The number of hydrogen-bond donors (Lipinski definition) is 0. The predicted molar refractivity (Wildman–Crippen MR) is 106 cm³/mol. The van der Waals surface area contributed by atoms with Crippen molar-refractivity contribution in [2.24, 2.45) is 0 Å². The number of aryl methyl sites for hydroxylation is 1. The average Bonchev–Trinajstić information content (AvgIpc) is 3.16. The molecule has 142 valence electrons. The van der Waals surface area contributed by atoms with Crippen LogP contribution in [0.4, 0.5) is 10.1 Å². The Hall–Kier alpha value is -3.58. The fraction of sp³-hybridized carbons (Fsp3) is 0.0476. The van der Waals surface area contributed by atoms with Crippen molar-refractivity contribution >= 4 is 40.1 Å². The summed E-state index contributed by atoms with van der Waals surface area (Å²) in [6, 6.07) is 12.4. The van der Waals surface area contributed by atoms with Crippen LogP contribution >= 0.6 is 11.6 Å². The lowest BCUT2D eigenvalue weighted by Crippen LogP contribution is -2.29. The zero-order valence-electron chi connectivity index (χ0n) is 15.1. The van der Waals surface area contributed by atoms with Gasteiger partial charge in [0.15, 0.2) is 5.65 Å². The van der Waals surface area contributed by atoms with Crippen molar-refractivity contribution in [1.82, 2.24) is 14.8 Å². The SMILES string of the molecule is Cc1nn(-c2cccc(F)c2)c2ncc3c(c12)C(=O)N(c1cccc(Cl)c1)C3=O. The molecule has 0 saturated carbocycles. The van der Waals surface area contributed by atoms with Gasteiger partial charge in [-0.3, -0.25) is 9.59 Å². The van der Waals surface area contributed by atoms with Crippen molar-refractivity contribution in [2.45, 2.75) is 6.92 Å². The fourth-order valence-electron chi connectivity index (χ4n) is 3.60. The third-order valence-corrected chi connectivity index (χ3v) is 5.08. The maximum Gasteiger partial charge on any atom is 0.267 e. The van der Waals surface area contributed by atoms with Crippen LogP contribution in [0, 0.1) is 12.7 Å². The van der Waals surface area contributed by atoms with Crippen LogP contribution in [0.3, 0.4) is 0 Å². The monoisotopic (exact) mass is 406 g/mol. The van der Waals surface area contributed by atoms with Crippen molar-refractivity contribution < 1.29 is 14.0 Å². The summed E-state index contributed by atoms with van der Waals surface area (Å²) in [6.45, 7) is 1.72. The van der Waals surface area contributed by atoms with Crippen molar-refractivity contribution in [1.29, 1.82) is 0 Å². The van der Waals surface area contributed by atoms with Gasteiger partial charge >= 0.3 is 0 Å². The Bertz CT molecular complexity index is 1350. The number of imide groups is 1. The van der Waals surface area contributed by atoms with Crippen LogP contribution < -0.4 is 4.90 Å². The third-order valence-electron chi connectivity index (χ3n) is 4.84. The summed E-state index contributed by atoms with van der Waals surface area (Å²) < 4.78 is 15.2. The van der Waals surface area contributed by atoms with Crippen molar-refractivity contribution in [3.8, 4) is 5.69 Å². The highest BCUT2D eigenvalue weighted by atomic mass is 35.5. The molecule has 0 atom stereocenters. The molecule has 8 heteroatoms. The van der Waals surface area contributed by atoms with E-state index >= 15 is 0 Å². The van der Waals surface area contributed by atoms with Crippen molar-refractivity contribution in [3.05, 3.63) is 82.4 Å². The van der Waals surface area contributed by atoms with E-state index in [0.29, 0.717) is 33.1 Å². The quantitative estimate of drug-likeness (QED) is 0.465. The summed E-state index contributed by atoms with van der Waals surface area (Å²) in [4.78, 5) is 31.6. The molecule has 5 rings (SSSR count). The van der Waals surface area contributed by atoms with Gasteiger partial charge in [0.1, 0.15) is 5.82 Å². The van der Waals surface area contributed by atoms with E-state index < -0.39 is 17.6 Å². The molecule has 2 aromatic heterocycles. The number of rotatable bonds is 2. The Morgan fingerprint density at radius 1 is 1.00 bits per heavy atom. The second-order valence-electron chi connectivity index (χ2n) is 6.65. The first kappa shape index (κ1) is 17.5. The Morgan fingerprint density at radius 3 is 2.52 bits per heavy atom. The molecule has 2 aromatic carbocycles. The van der Waals surface area contributed by atoms with E-state index in [1.807, 2.05) is 0 Å². The zero-order chi connectivity index (χ0) is 20.3. The van der Waals surface area contributed by atoms with E-state index in [9.17, 15) is 14.0 Å². The lowest BCUT2D eigenvalue weighted by atomic mass is 10.1. The Labute approximate surface area is 169 Å². The number of carbonyl (C=O) groups is 2. The van der Waals surface area contributed by atoms with Gasteiger partial charge < -0.3 is 0 Å². The maximum absolute atomic E-state index is 13.7. The molecule has 0 spiro atoms. The van der Waals surface area contributed by atoms with Crippen LogP contribution in [0.5, 0.6) is 0 Å². The van der Waals surface area contributed by atoms with Crippen LogP contribution in [0.15, 0.2) is 54.7 Å². The summed E-state index contributed by atoms with van der Waals surface area (Å²) in [7, 11) is 0. The lowest BCUT2D eigenvalue weighted by molar-refractivity contribution is 0.0926. The first-order valence-corrected chi connectivity index (χ1v) is 9.12. The minimum atomic E-state index is -0.473. The van der Waals surface area contributed by atoms with Gasteiger partial charge in [-0.1, -0.05) is 23.7 Å². The van der Waals surface area contributed by atoms with E-state index in [2.05, 4.69) is 10.1 Å². The molecule has 4 aromatic rings. The molecule has 29 heavy (non-hydrogen) atoms. The standard InChI is InChI=1S/C21H12ClFN4O2/c1-11-17-18-16(20(28)26(21(18)29)14-6-2-4-12(22)8-14)10-24-19(17)27(25-11)15-7-3-5-13(23)9-15/h2-10H,1H3. The number of amides is 2. The number of carbonyl (C=O) groups excluding carboxylic acids is 2. The molecule has 3 heterocycles. The first-order valence-electron chi connectivity index (χ1n) is 8.74. The smallest absolute Gasteiger partial charge is 0.267 e. The summed E-state index contributed by atoms with van der Waals surface area (Å²) in [5.41, 5.74) is 2.18. The minimum absolute atomic E-state index is 0.198. The van der Waals surface area contributed by atoms with Gasteiger partial charge in [0.25, 0.3) is 11.8 Å². The predicted octanol–water partition coefficient (Wildman–Crippen LogP) is 4.32.